The highest BCUT2D eigenvalue weighted by Gasteiger charge is 2.23. The van der Waals surface area contributed by atoms with Gasteiger partial charge in [0.05, 0.1) is 13.0 Å². The molecule has 1 atom stereocenters. The van der Waals surface area contributed by atoms with E-state index in [0.29, 0.717) is 11.3 Å². The SMILES string of the molecule is COCc1ccccc1NC(=O)N[C@H](CC(=O)O)C(=O)O. The van der Waals surface area contributed by atoms with Crippen LogP contribution in [0.15, 0.2) is 24.3 Å². The second-order valence-corrected chi connectivity index (χ2v) is 4.18. The third-order valence-corrected chi connectivity index (χ3v) is 2.55. The molecule has 114 valence electrons. The lowest BCUT2D eigenvalue weighted by atomic mass is 10.2. The number of para-hydroxylation sites is 1. The molecule has 4 N–H and O–H groups in total. The number of urea groups is 1. The summed E-state index contributed by atoms with van der Waals surface area (Å²) < 4.78 is 4.98. The van der Waals surface area contributed by atoms with Gasteiger partial charge in [0.15, 0.2) is 0 Å². The van der Waals surface area contributed by atoms with Crippen LogP contribution in [-0.2, 0) is 20.9 Å². The highest BCUT2D eigenvalue weighted by Crippen LogP contribution is 2.15. The van der Waals surface area contributed by atoms with E-state index in [-0.39, 0.29) is 6.61 Å². The molecule has 1 aromatic carbocycles. The number of ether oxygens (including phenoxy) is 1. The molecule has 0 heterocycles. The van der Waals surface area contributed by atoms with Gasteiger partial charge in [-0.15, -0.1) is 0 Å². The Hall–Kier alpha value is -2.61. The van der Waals surface area contributed by atoms with Crippen molar-refractivity contribution in [3.63, 3.8) is 0 Å². The first-order valence-corrected chi connectivity index (χ1v) is 6.03. The lowest BCUT2D eigenvalue weighted by Crippen LogP contribution is -2.44. The van der Waals surface area contributed by atoms with Gasteiger partial charge >= 0.3 is 18.0 Å². The zero-order valence-electron chi connectivity index (χ0n) is 11.3. The summed E-state index contributed by atoms with van der Waals surface area (Å²) >= 11 is 0. The molecule has 8 nitrogen and oxygen atoms in total. The molecule has 0 aliphatic carbocycles. The zero-order valence-corrected chi connectivity index (χ0v) is 11.3. The van der Waals surface area contributed by atoms with E-state index < -0.39 is 30.4 Å². The van der Waals surface area contributed by atoms with Crippen LogP contribution in [0.2, 0.25) is 0 Å². The number of hydrogen-bond donors (Lipinski definition) is 4. The van der Waals surface area contributed by atoms with Gasteiger partial charge in [0.25, 0.3) is 0 Å². The molecule has 21 heavy (non-hydrogen) atoms. The van der Waals surface area contributed by atoms with Crippen molar-refractivity contribution in [2.75, 3.05) is 12.4 Å². The van der Waals surface area contributed by atoms with E-state index in [4.69, 9.17) is 14.9 Å². The predicted molar refractivity (Wildman–Crippen MR) is 73.0 cm³/mol. The van der Waals surface area contributed by atoms with E-state index in [1.807, 2.05) is 0 Å². The second-order valence-electron chi connectivity index (χ2n) is 4.18. The van der Waals surface area contributed by atoms with E-state index >= 15 is 0 Å². The van der Waals surface area contributed by atoms with Gasteiger partial charge in [0.1, 0.15) is 6.04 Å². The van der Waals surface area contributed by atoms with Crippen LogP contribution in [0.25, 0.3) is 0 Å². The van der Waals surface area contributed by atoms with E-state index in [0.717, 1.165) is 0 Å². The smallest absolute Gasteiger partial charge is 0.326 e. The van der Waals surface area contributed by atoms with E-state index in [9.17, 15) is 14.4 Å². The van der Waals surface area contributed by atoms with Crippen molar-refractivity contribution < 1.29 is 29.3 Å². The minimum Gasteiger partial charge on any atom is -0.481 e. The van der Waals surface area contributed by atoms with E-state index in [1.54, 1.807) is 24.3 Å². The molecule has 0 saturated heterocycles. The van der Waals surface area contributed by atoms with Crippen molar-refractivity contribution >= 4 is 23.7 Å². The molecule has 0 aromatic heterocycles. The molecular formula is C13H16N2O6. The predicted octanol–water partition coefficient (Wildman–Crippen LogP) is 0.882. The van der Waals surface area contributed by atoms with Crippen LogP contribution in [0.1, 0.15) is 12.0 Å². The van der Waals surface area contributed by atoms with Crippen LogP contribution < -0.4 is 10.6 Å². The molecule has 0 saturated carbocycles. The van der Waals surface area contributed by atoms with E-state index in [2.05, 4.69) is 10.6 Å². The zero-order chi connectivity index (χ0) is 15.8. The molecule has 0 bridgehead atoms. The Morgan fingerprint density at radius 1 is 1.24 bits per heavy atom. The lowest BCUT2D eigenvalue weighted by molar-refractivity contribution is -0.145. The molecule has 0 aliphatic rings. The molecule has 0 radical (unpaired) electrons. The maximum Gasteiger partial charge on any atom is 0.326 e. The third kappa shape index (κ3) is 5.49. The maximum atomic E-state index is 11.7. The summed E-state index contributed by atoms with van der Waals surface area (Å²) in [5, 5.41) is 22.0. The average Bonchev–Trinajstić information content (AvgIpc) is 2.40. The number of benzene rings is 1. The average molecular weight is 296 g/mol. The maximum absolute atomic E-state index is 11.7. The van der Waals surface area contributed by atoms with Gasteiger partial charge in [0, 0.05) is 18.4 Å². The number of rotatable bonds is 7. The Kier molecular flexibility index (Phi) is 6.15. The number of aliphatic carboxylic acids is 2. The monoisotopic (exact) mass is 296 g/mol. The number of carboxylic acid groups (broad SMARTS) is 2. The molecule has 0 fully saturated rings. The second kappa shape index (κ2) is 7.85. The van der Waals surface area contributed by atoms with Crippen molar-refractivity contribution in [1.29, 1.82) is 0 Å². The number of hydrogen-bond acceptors (Lipinski definition) is 4. The van der Waals surface area contributed by atoms with Crippen molar-refractivity contribution in [2.24, 2.45) is 0 Å². The fourth-order valence-corrected chi connectivity index (χ4v) is 1.61. The number of carboxylic acids is 2. The van der Waals surface area contributed by atoms with Crippen LogP contribution in [0, 0.1) is 0 Å². The minimum absolute atomic E-state index is 0.272. The van der Waals surface area contributed by atoms with Crippen LogP contribution in [0.4, 0.5) is 10.5 Å². The first kappa shape index (κ1) is 16.4. The van der Waals surface area contributed by atoms with Gasteiger partial charge < -0.3 is 25.6 Å². The molecule has 1 rings (SSSR count). The molecule has 2 amide bonds. The summed E-state index contributed by atoms with van der Waals surface area (Å²) in [6.07, 6.45) is -0.706. The summed E-state index contributed by atoms with van der Waals surface area (Å²) in [4.78, 5) is 33.2. The standard InChI is InChI=1S/C13H16N2O6/c1-21-7-8-4-2-3-5-9(8)14-13(20)15-10(12(18)19)6-11(16)17/h2-5,10H,6-7H2,1H3,(H,16,17)(H,18,19)(H2,14,15,20)/t10-/m1/s1. The number of carbonyl (C=O) groups is 3. The Morgan fingerprint density at radius 3 is 2.48 bits per heavy atom. The summed E-state index contributed by atoms with van der Waals surface area (Å²) in [5.74, 6) is -2.74. The molecule has 1 aromatic rings. The highest BCUT2D eigenvalue weighted by atomic mass is 16.5. The number of nitrogens with one attached hydrogen (secondary N) is 2. The molecule has 0 aliphatic heterocycles. The topological polar surface area (TPSA) is 125 Å². The number of methoxy groups -OCH3 is 1. The van der Waals surface area contributed by atoms with Crippen molar-refractivity contribution in [3.05, 3.63) is 29.8 Å². The normalized spacial score (nSPS) is 11.5. The number of anilines is 1. The van der Waals surface area contributed by atoms with Gasteiger partial charge in [-0.2, -0.15) is 0 Å². The highest BCUT2D eigenvalue weighted by molar-refractivity contribution is 5.93. The Balaban J connectivity index is 2.72. The lowest BCUT2D eigenvalue weighted by Gasteiger charge is -2.15. The van der Waals surface area contributed by atoms with Gasteiger partial charge in [-0.3, -0.25) is 4.79 Å². The Bertz CT molecular complexity index is 531. The number of amides is 2. The Morgan fingerprint density at radius 2 is 1.90 bits per heavy atom. The van der Waals surface area contributed by atoms with Crippen molar-refractivity contribution in [3.8, 4) is 0 Å². The number of carbonyl (C=O) groups excluding carboxylic acids is 1. The van der Waals surface area contributed by atoms with Gasteiger partial charge in [-0.25, -0.2) is 9.59 Å². The third-order valence-electron chi connectivity index (χ3n) is 2.55. The van der Waals surface area contributed by atoms with Crippen molar-refractivity contribution in [2.45, 2.75) is 19.1 Å². The molecule has 8 heteroatoms. The van der Waals surface area contributed by atoms with Crippen LogP contribution in [0.5, 0.6) is 0 Å². The fraction of sp³-hybridized carbons (Fsp3) is 0.308. The summed E-state index contributed by atoms with van der Waals surface area (Å²) in [7, 11) is 1.50. The Labute approximate surface area is 120 Å². The molecule has 0 unspecified atom stereocenters. The first-order valence-electron chi connectivity index (χ1n) is 6.03. The minimum atomic E-state index is -1.50. The summed E-state index contributed by atoms with van der Waals surface area (Å²) in [6, 6.07) is 4.53. The summed E-state index contributed by atoms with van der Waals surface area (Å²) in [6.45, 7) is 0.272. The first-order chi connectivity index (χ1) is 9.93. The van der Waals surface area contributed by atoms with Gasteiger partial charge in [-0.1, -0.05) is 18.2 Å². The van der Waals surface area contributed by atoms with Crippen LogP contribution in [-0.4, -0.2) is 41.3 Å². The largest absolute Gasteiger partial charge is 0.481 e. The van der Waals surface area contributed by atoms with Gasteiger partial charge in [0.2, 0.25) is 0 Å². The summed E-state index contributed by atoms with van der Waals surface area (Å²) in [5.41, 5.74) is 1.16. The van der Waals surface area contributed by atoms with Gasteiger partial charge in [-0.05, 0) is 6.07 Å². The van der Waals surface area contributed by atoms with Crippen molar-refractivity contribution in [1.82, 2.24) is 5.32 Å². The quantitative estimate of drug-likeness (QED) is 0.592. The molecular weight excluding hydrogens is 280 g/mol. The van der Waals surface area contributed by atoms with Crippen LogP contribution in [0.3, 0.4) is 0 Å². The molecule has 0 spiro atoms. The van der Waals surface area contributed by atoms with E-state index in [1.165, 1.54) is 7.11 Å². The van der Waals surface area contributed by atoms with Crippen LogP contribution >= 0.6 is 0 Å². The fourth-order valence-electron chi connectivity index (χ4n) is 1.61.